The largest absolute Gasteiger partial charge is 0.334 e. The molecule has 0 atom stereocenters. The molecule has 122 valence electrons. The van der Waals surface area contributed by atoms with Crippen LogP contribution in [0.15, 0.2) is 53.5 Å². The first-order valence-electron chi connectivity index (χ1n) is 7.90. The Hall–Kier alpha value is -2.56. The van der Waals surface area contributed by atoms with Gasteiger partial charge in [0.2, 0.25) is 0 Å². The Bertz CT molecular complexity index is 688. The second-order valence-electron chi connectivity index (χ2n) is 5.31. The zero-order chi connectivity index (χ0) is 16.7. The summed E-state index contributed by atoms with van der Waals surface area (Å²) in [5.41, 5.74) is 2.08. The van der Waals surface area contributed by atoms with E-state index in [0.717, 1.165) is 11.1 Å². The number of rotatable bonds is 6. The molecule has 0 saturated carbocycles. The third-order valence-corrected chi connectivity index (χ3v) is 3.77. The predicted octanol–water partition coefficient (Wildman–Crippen LogP) is 2.45. The van der Waals surface area contributed by atoms with Crippen molar-refractivity contribution in [2.45, 2.75) is 26.9 Å². The number of nitrogens with one attached hydrogen (secondary N) is 1. The SMILES string of the molecule is CCN(CC)C(=O)NCc1ccc(Cn2ccccc2=O)cc1. The molecule has 0 radical (unpaired) electrons. The number of amides is 2. The maximum absolute atomic E-state index is 11.9. The van der Waals surface area contributed by atoms with Gasteiger partial charge in [-0.1, -0.05) is 30.3 Å². The van der Waals surface area contributed by atoms with Crippen LogP contribution in [0.2, 0.25) is 0 Å². The Labute approximate surface area is 136 Å². The summed E-state index contributed by atoms with van der Waals surface area (Å²) < 4.78 is 1.66. The summed E-state index contributed by atoms with van der Waals surface area (Å²) in [6.07, 6.45) is 1.78. The Kier molecular flexibility index (Phi) is 5.97. The quantitative estimate of drug-likeness (QED) is 0.890. The highest BCUT2D eigenvalue weighted by Gasteiger charge is 2.08. The van der Waals surface area contributed by atoms with Crippen LogP contribution in [0.1, 0.15) is 25.0 Å². The Morgan fingerprint density at radius 2 is 1.70 bits per heavy atom. The van der Waals surface area contributed by atoms with Crippen molar-refractivity contribution >= 4 is 6.03 Å². The molecule has 0 saturated heterocycles. The number of carbonyl (C=O) groups excluding carboxylic acids is 1. The number of hydrogen-bond donors (Lipinski definition) is 1. The number of hydrogen-bond acceptors (Lipinski definition) is 2. The summed E-state index contributed by atoms with van der Waals surface area (Å²) in [4.78, 5) is 25.3. The van der Waals surface area contributed by atoms with Crippen LogP contribution in [0, 0.1) is 0 Å². The molecule has 5 nitrogen and oxygen atoms in total. The predicted molar refractivity (Wildman–Crippen MR) is 91.4 cm³/mol. The lowest BCUT2D eigenvalue weighted by Crippen LogP contribution is -2.39. The van der Waals surface area contributed by atoms with Gasteiger partial charge < -0.3 is 14.8 Å². The molecule has 0 aliphatic rings. The molecule has 0 fully saturated rings. The molecular formula is C18H23N3O2. The van der Waals surface area contributed by atoms with Gasteiger partial charge in [-0.25, -0.2) is 4.79 Å². The lowest BCUT2D eigenvalue weighted by Gasteiger charge is -2.19. The molecule has 23 heavy (non-hydrogen) atoms. The molecule has 0 unspecified atom stereocenters. The highest BCUT2D eigenvalue weighted by Crippen LogP contribution is 2.06. The average Bonchev–Trinajstić information content (AvgIpc) is 2.57. The highest BCUT2D eigenvalue weighted by atomic mass is 16.2. The van der Waals surface area contributed by atoms with Crippen LogP contribution in [0.25, 0.3) is 0 Å². The number of aromatic nitrogens is 1. The van der Waals surface area contributed by atoms with Crippen molar-refractivity contribution in [1.29, 1.82) is 0 Å². The third-order valence-electron chi connectivity index (χ3n) is 3.77. The first-order chi connectivity index (χ1) is 11.1. The van der Waals surface area contributed by atoms with E-state index in [9.17, 15) is 9.59 Å². The zero-order valence-corrected chi connectivity index (χ0v) is 13.7. The van der Waals surface area contributed by atoms with Crippen molar-refractivity contribution in [1.82, 2.24) is 14.8 Å². The second-order valence-corrected chi connectivity index (χ2v) is 5.31. The molecule has 0 aliphatic heterocycles. The van der Waals surface area contributed by atoms with E-state index in [1.165, 1.54) is 0 Å². The van der Waals surface area contributed by atoms with E-state index in [0.29, 0.717) is 26.2 Å². The van der Waals surface area contributed by atoms with Gasteiger partial charge in [-0.2, -0.15) is 0 Å². The summed E-state index contributed by atoms with van der Waals surface area (Å²) in [5.74, 6) is 0. The van der Waals surface area contributed by atoms with E-state index < -0.39 is 0 Å². The van der Waals surface area contributed by atoms with Crippen molar-refractivity contribution in [3.8, 4) is 0 Å². The van der Waals surface area contributed by atoms with Crippen LogP contribution >= 0.6 is 0 Å². The molecule has 1 aromatic heterocycles. The fraction of sp³-hybridized carbons (Fsp3) is 0.333. The van der Waals surface area contributed by atoms with Gasteiger partial charge in [0, 0.05) is 31.9 Å². The first-order valence-corrected chi connectivity index (χ1v) is 7.90. The minimum Gasteiger partial charge on any atom is -0.334 e. The molecule has 2 aromatic rings. The monoisotopic (exact) mass is 313 g/mol. The molecule has 1 heterocycles. The van der Waals surface area contributed by atoms with Crippen molar-refractivity contribution in [2.75, 3.05) is 13.1 Å². The Balaban J connectivity index is 1.93. The smallest absolute Gasteiger partial charge is 0.317 e. The summed E-state index contributed by atoms with van der Waals surface area (Å²) in [6.45, 7) is 6.37. The molecule has 0 bridgehead atoms. The van der Waals surface area contributed by atoms with Crippen LogP contribution in [0.3, 0.4) is 0 Å². The molecule has 1 aromatic carbocycles. The number of urea groups is 1. The number of pyridine rings is 1. The van der Waals surface area contributed by atoms with E-state index in [-0.39, 0.29) is 11.6 Å². The maximum Gasteiger partial charge on any atom is 0.317 e. The highest BCUT2D eigenvalue weighted by molar-refractivity contribution is 5.74. The fourth-order valence-corrected chi connectivity index (χ4v) is 2.35. The lowest BCUT2D eigenvalue weighted by atomic mass is 10.1. The molecule has 5 heteroatoms. The van der Waals surface area contributed by atoms with Crippen LogP contribution in [0.5, 0.6) is 0 Å². The number of carbonyl (C=O) groups is 1. The normalized spacial score (nSPS) is 10.3. The van der Waals surface area contributed by atoms with Crippen molar-refractivity contribution in [2.24, 2.45) is 0 Å². The zero-order valence-electron chi connectivity index (χ0n) is 13.7. The van der Waals surface area contributed by atoms with E-state index in [4.69, 9.17) is 0 Å². The maximum atomic E-state index is 11.9. The van der Waals surface area contributed by atoms with Gasteiger partial charge >= 0.3 is 6.03 Å². The summed E-state index contributed by atoms with van der Waals surface area (Å²) >= 11 is 0. The van der Waals surface area contributed by atoms with Crippen LogP contribution in [0.4, 0.5) is 4.79 Å². The standard InChI is InChI=1S/C18H23N3O2/c1-3-20(4-2)18(23)19-13-15-8-10-16(11-9-15)14-21-12-6-5-7-17(21)22/h5-12H,3-4,13-14H2,1-2H3,(H,19,23). The summed E-state index contributed by atoms with van der Waals surface area (Å²) in [5, 5.41) is 2.91. The molecule has 2 amide bonds. The Morgan fingerprint density at radius 3 is 2.30 bits per heavy atom. The van der Waals surface area contributed by atoms with Crippen LogP contribution in [-0.4, -0.2) is 28.6 Å². The van der Waals surface area contributed by atoms with Crippen molar-refractivity contribution in [3.05, 3.63) is 70.1 Å². The fourth-order valence-electron chi connectivity index (χ4n) is 2.35. The molecular weight excluding hydrogens is 290 g/mol. The molecule has 1 N–H and O–H groups in total. The van der Waals surface area contributed by atoms with E-state index >= 15 is 0 Å². The number of benzene rings is 1. The minimum atomic E-state index is -0.0464. The number of nitrogens with zero attached hydrogens (tertiary/aromatic N) is 2. The van der Waals surface area contributed by atoms with Gasteiger partial charge in [0.25, 0.3) is 5.56 Å². The molecule has 2 rings (SSSR count). The van der Waals surface area contributed by atoms with E-state index in [1.54, 1.807) is 27.8 Å². The second kappa shape index (κ2) is 8.17. The Morgan fingerprint density at radius 1 is 1.04 bits per heavy atom. The van der Waals surface area contributed by atoms with Crippen LogP contribution < -0.4 is 10.9 Å². The van der Waals surface area contributed by atoms with E-state index in [2.05, 4.69) is 5.32 Å². The molecule has 0 aliphatic carbocycles. The minimum absolute atomic E-state index is 0.0111. The first kappa shape index (κ1) is 16.8. The van der Waals surface area contributed by atoms with Gasteiger partial charge in [0.05, 0.1) is 6.54 Å². The third kappa shape index (κ3) is 4.71. The van der Waals surface area contributed by atoms with Gasteiger partial charge in [-0.05, 0) is 31.0 Å². The van der Waals surface area contributed by atoms with Gasteiger partial charge in [-0.3, -0.25) is 4.79 Å². The lowest BCUT2D eigenvalue weighted by molar-refractivity contribution is 0.203. The van der Waals surface area contributed by atoms with Crippen LogP contribution in [-0.2, 0) is 13.1 Å². The molecule has 0 spiro atoms. The van der Waals surface area contributed by atoms with Crippen molar-refractivity contribution in [3.63, 3.8) is 0 Å². The topological polar surface area (TPSA) is 54.3 Å². The summed E-state index contributed by atoms with van der Waals surface area (Å²) in [7, 11) is 0. The van der Waals surface area contributed by atoms with Crippen molar-refractivity contribution < 1.29 is 4.79 Å². The van der Waals surface area contributed by atoms with Gasteiger partial charge in [0.1, 0.15) is 0 Å². The van der Waals surface area contributed by atoms with Gasteiger partial charge in [-0.15, -0.1) is 0 Å². The van der Waals surface area contributed by atoms with Gasteiger partial charge in [0.15, 0.2) is 0 Å². The average molecular weight is 313 g/mol. The van der Waals surface area contributed by atoms with E-state index in [1.807, 2.05) is 44.2 Å². The summed E-state index contributed by atoms with van der Waals surface area (Å²) in [6, 6.07) is 13.0.